The first-order chi connectivity index (χ1) is 13.3. The monoisotopic (exact) mass is 380 g/mol. The fourth-order valence-corrected chi connectivity index (χ4v) is 2.90. The van der Waals surface area contributed by atoms with E-state index in [4.69, 9.17) is 5.11 Å². The van der Waals surface area contributed by atoms with Gasteiger partial charge in [-0.2, -0.15) is 0 Å². The predicted molar refractivity (Wildman–Crippen MR) is 103 cm³/mol. The first kappa shape index (κ1) is 19.1. The van der Waals surface area contributed by atoms with Gasteiger partial charge in [0, 0.05) is 18.5 Å². The standard InChI is InChI=1S/C20H20N4O4/c1-12-5-6-13(2)17(8-12)24-18(25)9-16(23-24)20(28)22-15(10-19(26)27)14-4-3-7-21-11-14/h3-9,11,15,23H,10H2,1-2H3,(H,22,28)(H,26,27). The molecule has 1 atom stereocenters. The largest absolute Gasteiger partial charge is 0.481 e. The van der Waals surface area contributed by atoms with Crippen molar-refractivity contribution in [2.45, 2.75) is 26.3 Å². The number of carboxylic acid groups (broad SMARTS) is 1. The molecule has 1 unspecified atom stereocenters. The highest BCUT2D eigenvalue weighted by Gasteiger charge is 2.21. The van der Waals surface area contributed by atoms with E-state index >= 15 is 0 Å². The van der Waals surface area contributed by atoms with E-state index in [1.165, 1.54) is 16.9 Å². The van der Waals surface area contributed by atoms with Crippen LogP contribution in [0.25, 0.3) is 5.69 Å². The van der Waals surface area contributed by atoms with Gasteiger partial charge in [0.05, 0.1) is 18.2 Å². The van der Waals surface area contributed by atoms with Crippen molar-refractivity contribution >= 4 is 11.9 Å². The molecule has 0 spiro atoms. The number of benzene rings is 1. The van der Waals surface area contributed by atoms with Crippen molar-refractivity contribution < 1.29 is 14.7 Å². The normalized spacial score (nSPS) is 11.8. The first-order valence-electron chi connectivity index (χ1n) is 8.67. The van der Waals surface area contributed by atoms with E-state index < -0.39 is 17.9 Å². The van der Waals surface area contributed by atoms with E-state index in [9.17, 15) is 14.4 Å². The number of pyridine rings is 1. The molecule has 0 aliphatic heterocycles. The molecule has 0 aliphatic rings. The summed E-state index contributed by atoms with van der Waals surface area (Å²) < 4.78 is 1.30. The number of aromatic nitrogens is 3. The first-order valence-corrected chi connectivity index (χ1v) is 8.67. The van der Waals surface area contributed by atoms with Crippen molar-refractivity contribution in [3.8, 4) is 5.69 Å². The molecule has 2 aromatic heterocycles. The van der Waals surface area contributed by atoms with Crippen LogP contribution in [0.1, 0.15) is 39.6 Å². The van der Waals surface area contributed by atoms with Gasteiger partial charge in [0.1, 0.15) is 5.69 Å². The maximum atomic E-state index is 12.7. The van der Waals surface area contributed by atoms with Gasteiger partial charge < -0.3 is 10.4 Å². The highest BCUT2D eigenvalue weighted by Crippen LogP contribution is 2.17. The Morgan fingerprint density at radius 2 is 2.04 bits per heavy atom. The molecular formula is C20H20N4O4. The molecule has 3 N–H and O–H groups in total. The number of hydrogen-bond donors (Lipinski definition) is 3. The van der Waals surface area contributed by atoms with E-state index in [2.05, 4.69) is 15.4 Å². The number of carbonyl (C=O) groups excluding carboxylic acids is 1. The molecule has 0 aliphatic carbocycles. The van der Waals surface area contributed by atoms with Gasteiger partial charge in [-0.15, -0.1) is 0 Å². The molecule has 0 fully saturated rings. The minimum absolute atomic E-state index is 0.0465. The summed E-state index contributed by atoms with van der Waals surface area (Å²) >= 11 is 0. The van der Waals surface area contributed by atoms with Crippen molar-refractivity contribution in [2.24, 2.45) is 0 Å². The summed E-state index contributed by atoms with van der Waals surface area (Å²) in [6.07, 6.45) is 2.75. The number of aryl methyl sites for hydroxylation is 2. The van der Waals surface area contributed by atoms with E-state index in [0.29, 0.717) is 11.3 Å². The number of hydrogen-bond acceptors (Lipinski definition) is 4. The number of nitrogens with one attached hydrogen (secondary N) is 2. The highest BCUT2D eigenvalue weighted by molar-refractivity contribution is 5.92. The summed E-state index contributed by atoms with van der Waals surface area (Å²) in [4.78, 5) is 40.2. The van der Waals surface area contributed by atoms with Gasteiger partial charge in [-0.1, -0.05) is 18.2 Å². The summed E-state index contributed by atoms with van der Waals surface area (Å²) in [5.41, 5.74) is 2.74. The van der Waals surface area contributed by atoms with Crippen LogP contribution in [0.5, 0.6) is 0 Å². The summed E-state index contributed by atoms with van der Waals surface area (Å²) in [7, 11) is 0. The number of H-pyrrole nitrogens is 1. The zero-order chi connectivity index (χ0) is 20.3. The van der Waals surface area contributed by atoms with Gasteiger partial charge in [-0.25, -0.2) is 4.68 Å². The Balaban J connectivity index is 1.89. The zero-order valence-electron chi connectivity index (χ0n) is 15.5. The average Bonchev–Trinajstić information content (AvgIpc) is 3.05. The molecule has 8 nitrogen and oxygen atoms in total. The molecule has 1 amide bonds. The lowest BCUT2D eigenvalue weighted by Gasteiger charge is -2.16. The van der Waals surface area contributed by atoms with Crippen molar-refractivity contribution in [3.63, 3.8) is 0 Å². The second-order valence-corrected chi connectivity index (χ2v) is 6.54. The van der Waals surface area contributed by atoms with Crippen molar-refractivity contribution in [1.82, 2.24) is 20.1 Å². The van der Waals surface area contributed by atoms with Crippen molar-refractivity contribution in [1.29, 1.82) is 0 Å². The average molecular weight is 380 g/mol. The summed E-state index contributed by atoms with van der Waals surface area (Å²) in [6, 6.07) is 9.44. The number of carbonyl (C=O) groups is 2. The number of aromatic amines is 1. The number of carboxylic acids is 1. The van der Waals surface area contributed by atoms with Crippen LogP contribution in [-0.4, -0.2) is 31.7 Å². The summed E-state index contributed by atoms with van der Waals surface area (Å²) in [5, 5.41) is 14.6. The van der Waals surface area contributed by atoms with Crippen LogP contribution in [0.15, 0.2) is 53.6 Å². The van der Waals surface area contributed by atoms with Gasteiger partial charge in [0.25, 0.3) is 11.5 Å². The second kappa shape index (κ2) is 7.91. The van der Waals surface area contributed by atoms with E-state index in [-0.39, 0.29) is 17.7 Å². The molecule has 0 radical (unpaired) electrons. The Morgan fingerprint density at radius 1 is 1.25 bits per heavy atom. The fourth-order valence-electron chi connectivity index (χ4n) is 2.90. The molecule has 3 aromatic rings. The van der Waals surface area contributed by atoms with Gasteiger partial charge >= 0.3 is 5.97 Å². The smallest absolute Gasteiger partial charge is 0.305 e. The topological polar surface area (TPSA) is 117 Å². The van der Waals surface area contributed by atoms with Gasteiger partial charge in [-0.05, 0) is 42.7 Å². The van der Waals surface area contributed by atoms with Gasteiger partial charge in [0.2, 0.25) is 0 Å². The van der Waals surface area contributed by atoms with Crippen LogP contribution in [0, 0.1) is 13.8 Å². The third-order valence-electron chi connectivity index (χ3n) is 4.34. The van der Waals surface area contributed by atoms with Crippen molar-refractivity contribution in [2.75, 3.05) is 0 Å². The van der Waals surface area contributed by atoms with E-state index in [1.807, 2.05) is 32.0 Å². The summed E-state index contributed by atoms with van der Waals surface area (Å²) in [5.74, 6) is -1.63. The maximum Gasteiger partial charge on any atom is 0.305 e. The molecule has 3 rings (SSSR count). The van der Waals surface area contributed by atoms with Crippen LogP contribution >= 0.6 is 0 Å². The maximum absolute atomic E-state index is 12.7. The lowest BCUT2D eigenvalue weighted by atomic mass is 10.1. The number of amides is 1. The third-order valence-corrected chi connectivity index (χ3v) is 4.34. The number of rotatable bonds is 6. The minimum atomic E-state index is -1.06. The van der Waals surface area contributed by atoms with Gasteiger partial charge in [-0.3, -0.25) is 24.5 Å². The van der Waals surface area contributed by atoms with Crippen LogP contribution in [0.4, 0.5) is 0 Å². The zero-order valence-corrected chi connectivity index (χ0v) is 15.5. The van der Waals surface area contributed by atoms with E-state index in [0.717, 1.165) is 11.1 Å². The molecule has 8 heteroatoms. The fraction of sp³-hybridized carbons (Fsp3) is 0.200. The number of aliphatic carboxylic acids is 1. The molecular weight excluding hydrogens is 360 g/mol. The quantitative estimate of drug-likeness (QED) is 0.606. The Bertz CT molecular complexity index is 1070. The molecule has 1 aromatic carbocycles. The molecule has 0 saturated heterocycles. The Kier molecular flexibility index (Phi) is 5.39. The molecule has 144 valence electrons. The molecule has 28 heavy (non-hydrogen) atoms. The van der Waals surface area contributed by atoms with Crippen LogP contribution in [0.2, 0.25) is 0 Å². The van der Waals surface area contributed by atoms with Crippen molar-refractivity contribution in [3.05, 3.63) is 81.5 Å². The van der Waals surface area contributed by atoms with Crippen LogP contribution < -0.4 is 10.9 Å². The highest BCUT2D eigenvalue weighted by atomic mass is 16.4. The number of nitrogens with zero attached hydrogens (tertiary/aromatic N) is 2. The predicted octanol–water partition coefficient (Wildman–Crippen LogP) is 2.12. The molecule has 0 bridgehead atoms. The Hall–Kier alpha value is -3.68. The van der Waals surface area contributed by atoms with Crippen LogP contribution in [0.3, 0.4) is 0 Å². The Morgan fingerprint density at radius 3 is 2.71 bits per heavy atom. The SMILES string of the molecule is Cc1ccc(C)c(-n2[nH]c(C(=O)NC(CC(=O)O)c3cccnc3)cc2=O)c1. The van der Waals surface area contributed by atoms with Crippen LogP contribution in [-0.2, 0) is 4.79 Å². The third kappa shape index (κ3) is 4.17. The lowest BCUT2D eigenvalue weighted by molar-refractivity contribution is -0.137. The Labute approximate surface area is 160 Å². The molecule has 0 saturated carbocycles. The minimum Gasteiger partial charge on any atom is -0.481 e. The summed E-state index contributed by atoms with van der Waals surface area (Å²) in [6.45, 7) is 3.78. The van der Waals surface area contributed by atoms with E-state index in [1.54, 1.807) is 18.3 Å². The second-order valence-electron chi connectivity index (χ2n) is 6.54. The molecule has 2 heterocycles. The lowest BCUT2D eigenvalue weighted by Crippen LogP contribution is -2.30. The van der Waals surface area contributed by atoms with Gasteiger partial charge in [0.15, 0.2) is 0 Å².